The van der Waals surface area contributed by atoms with E-state index in [2.05, 4.69) is 10.4 Å². The Kier molecular flexibility index (Phi) is 4.56. The van der Waals surface area contributed by atoms with E-state index in [1.165, 1.54) is 17.1 Å². The molecule has 114 valence electrons. The average Bonchev–Trinajstić information content (AvgIpc) is 2.85. The summed E-state index contributed by atoms with van der Waals surface area (Å²) < 4.78 is 1.31. The third kappa shape index (κ3) is 3.80. The second-order valence-electron chi connectivity index (χ2n) is 5.22. The van der Waals surface area contributed by atoms with Gasteiger partial charge in [-0.2, -0.15) is 5.10 Å². The Bertz CT molecular complexity index is 554. The molecule has 0 unspecified atom stereocenters. The van der Waals surface area contributed by atoms with E-state index in [0.29, 0.717) is 18.5 Å². The van der Waals surface area contributed by atoms with Crippen molar-refractivity contribution in [3.05, 3.63) is 12.4 Å². The molecule has 8 nitrogen and oxygen atoms in total. The Balaban J connectivity index is 2.01. The summed E-state index contributed by atoms with van der Waals surface area (Å²) in [5.74, 6) is -2.95. The van der Waals surface area contributed by atoms with E-state index >= 15 is 0 Å². The van der Waals surface area contributed by atoms with E-state index in [9.17, 15) is 19.5 Å². The van der Waals surface area contributed by atoms with E-state index in [1.54, 1.807) is 0 Å². The third-order valence-electron chi connectivity index (χ3n) is 3.64. The summed E-state index contributed by atoms with van der Waals surface area (Å²) in [6.07, 6.45) is 5.66. The van der Waals surface area contributed by atoms with Gasteiger partial charge in [-0.1, -0.05) is 12.8 Å². The number of amides is 2. The van der Waals surface area contributed by atoms with Gasteiger partial charge in [-0.15, -0.1) is 0 Å². The van der Waals surface area contributed by atoms with Crippen LogP contribution in [0.25, 0.3) is 0 Å². The van der Waals surface area contributed by atoms with Crippen molar-refractivity contribution < 1.29 is 19.5 Å². The minimum Gasteiger partial charge on any atom is -0.481 e. The molecule has 0 saturated heterocycles. The predicted molar refractivity (Wildman–Crippen MR) is 73.1 cm³/mol. The van der Waals surface area contributed by atoms with Gasteiger partial charge >= 0.3 is 5.97 Å². The van der Waals surface area contributed by atoms with Crippen LogP contribution >= 0.6 is 0 Å². The van der Waals surface area contributed by atoms with Crippen LogP contribution in [0.3, 0.4) is 0 Å². The maximum atomic E-state index is 12.2. The Morgan fingerprint density at radius 2 is 2.00 bits per heavy atom. The van der Waals surface area contributed by atoms with Crippen LogP contribution in [-0.2, 0) is 20.9 Å². The number of primary amides is 1. The molecule has 2 atom stereocenters. The fraction of sp³-hybridized carbons (Fsp3) is 0.538. The summed E-state index contributed by atoms with van der Waals surface area (Å²) in [5, 5.41) is 15.7. The largest absolute Gasteiger partial charge is 0.481 e. The van der Waals surface area contributed by atoms with Crippen LogP contribution < -0.4 is 11.1 Å². The molecule has 0 bridgehead atoms. The van der Waals surface area contributed by atoms with Gasteiger partial charge in [0.15, 0.2) is 0 Å². The number of rotatable bonds is 5. The first-order valence-corrected chi connectivity index (χ1v) is 6.82. The lowest BCUT2D eigenvalue weighted by molar-refractivity contribution is -0.147. The quantitative estimate of drug-likeness (QED) is 0.714. The number of nitrogens with zero attached hydrogens (tertiary/aromatic N) is 2. The van der Waals surface area contributed by atoms with Crippen molar-refractivity contribution in [1.82, 2.24) is 9.78 Å². The standard InChI is InChI=1S/C13H18N4O4/c14-11(18)7-17-6-8(5-15-17)16-12(19)9-3-1-2-4-10(9)13(20)21/h5-6,9-10H,1-4,7H2,(H2,14,18)(H,16,19)(H,20,21)/t9-,10+/m1/s1. The second kappa shape index (κ2) is 6.38. The molecule has 1 saturated carbocycles. The SMILES string of the molecule is NC(=O)Cn1cc(NC(=O)[C@@H]2CCCC[C@@H]2C(=O)O)cn1. The van der Waals surface area contributed by atoms with Crippen LogP contribution in [0.5, 0.6) is 0 Å². The number of carboxylic acid groups (broad SMARTS) is 1. The lowest BCUT2D eigenvalue weighted by Crippen LogP contribution is -2.35. The Morgan fingerprint density at radius 1 is 1.33 bits per heavy atom. The van der Waals surface area contributed by atoms with Crippen molar-refractivity contribution in [2.24, 2.45) is 17.6 Å². The van der Waals surface area contributed by atoms with E-state index in [0.717, 1.165) is 12.8 Å². The summed E-state index contributed by atoms with van der Waals surface area (Å²) in [5.41, 5.74) is 5.48. The molecule has 1 aromatic heterocycles. The summed E-state index contributed by atoms with van der Waals surface area (Å²) >= 11 is 0. The molecule has 0 spiro atoms. The smallest absolute Gasteiger partial charge is 0.307 e. The zero-order valence-corrected chi connectivity index (χ0v) is 11.5. The van der Waals surface area contributed by atoms with Crippen LogP contribution in [-0.4, -0.2) is 32.7 Å². The average molecular weight is 294 g/mol. The number of carboxylic acids is 1. The van der Waals surface area contributed by atoms with Crippen molar-refractivity contribution in [2.45, 2.75) is 32.2 Å². The topological polar surface area (TPSA) is 127 Å². The Labute approximate surface area is 121 Å². The van der Waals surface area contributed by atoms with Crippen LogP contribution in [0.4, 0.5) is 5.69 Å². The predicted octanol–water partition coefficient (Wildman–Crippen LogP) is 0.198. The minimum atomic E-state index is -0.931. The normalized spacial score (nSPS) is 21.7. The van der Waals surface area contributed by atoms with Crippen molar-refractivity contribution in [1.29, 1.82) is 0 Å². The van der Waals surface area contributed by atoms with E-state index in [1.807, 2.05) is 0 Å². The number of anilines is 1. The molecular weight excluding hydrogens is 276 g/mol. The van der Waals surface area contributed by atoms with Crippen LogP contribution in [0, 0.1) is 11.8 Å². The molecule has 1 aliphatic carbocycles. The summed E-state index contributed by atoms with van der Waals surface area (Å²) in [4.78, 5) is 34.2. The molecular formula is C13H18N4O4. The molecule has 8 heteroatoms. The molecule has 0 aromatic carbocycles. The van der Waals surface area contributed by atoms with Gasteiger partial charge in [0, 0.05) is 6.20 Å². The highest BCUT2D eigenvalue weighted by Crippen LogP contribution is 2.31. The van der Waals surface area contributed by atoms with Gasteiger partial charge in [-0.05, 0) is 12.8 Å². The molecule has 1 fully saturated rings. The van der Waals surface area contributed by atoms with Crippen LogP contribution in [0.15, 0.2) is 12.4 Å². The number of aliphatic carboxylic acids is 1. The van der Waals surface area contributed by atoms with Gasteiger partial charge < -0.3 is 16.2 Å². The maximum absolute atomic E-state index is 12.2. The highest BCUT2D eigenvalue weighted by molar-refractivity contribution is 5.95. The van der Waals surface area contributed by atoms with E-state index in [4.69, 9.17) is 5.73 Å². The highest BCUT2D eigenvalue weighted by atomic mass is 16.4. The fourth-order valence-corrected chi connectivity index (χ4v) is 2.65. The molecule has 4 N–H and O–H groups in total. The first kappa shape index (κ1) is 15.0. The van der Waals surface area contributed by atoms with Gasteiger partial charge in [0.2, 0.25) is 11.8 Å². The van der Waals surface area contributed by atoms with Gasteiger partial charge in [-0.25, -0.2) is 0 Å². The number of nitrogens with two attached hydrogens (primary N) is 1. The Morgan fingerprint density at radius 3 is 2.62 bits per heavy atom. The van der Waals surface area contributed by atoms with Crippen LogP contribution in [0.2, 0.25) is 0 Å². The summed E-state index contributed by atoms with van der Waals surface area (Å²) in [6, 6.07) is 0. The third-order valence-corrected chi connectivity index (χ3v) is 3.64. The van der Waals surface area contributed by atoms with E-state index in [-0.39, 0.29) is 12.5 Å². The zero-order valence-electron chi connectivity index (χ0n) is 11.5. The van der Waals surface area contributed by atoms with Crippen molar-refractivity contribution in [2.75, 3.05) is 5.32 Å². The van der Waals surface area contributed by atoms with E-state index < -0.39 is 23.7 Å². The van der Waals surface area contributed by atoms with Gasteiger partial charge in [0.05, 0.1) is 23.7 Å². The van der Waals surface area contributed by atoms with Gasteiger partial charge in [-0.3, -0.25) is 19.1 Å². The second-order valence-corrected chi connectivity index (χ2v) is 5.22. The fourth-order valence-electron chi connectivity index (χ4n) is 2.65. The lowest BCUT2D eigenvalue weighted by Gasteiger charge is -2.27. The summed E-state index contributed by atoms with van der Waals surface area (Å²) in [7, 11) is 0. The number of hydrogen-bond donors (Lipinski definition) is 3. The number of hydrogen-bond acceptors (Lipinski definition) is 4. The number of nitrogens with one attached hydrogen (secondary N) is 1. The molecule has 1 aliphatic rings. The van der Waals surface area contributed by atoms with Crippen molar-refractivity contribution >= 4 is 23.5 Å². The molecule has 0 radical (unpaired) electrons. The maximum Gasteiger partial charge on any atom is 0.307 e. The van der Waals surface area contributed by atoms with Crippen molar-refractivity contribution in [3.63, 3.8) is 0 Å². The first-order chi connectivity index (χ1) is 9.97. The van der Waals surface area contributed by atoms with Crippen molar-refractivity contribution in [3.8, 4) is 0 Å². The van der Waals surface area contributed by atoms with Crippen LogP contribution in [0.1, 0.15) is 25.7 Å². The van der Waals surface area contributed by atoms with Gasteiger partial charge in [0.25, 0.3) is 0 Å². The molecule has 0 aliphatic heterocycles. The molecule has 1 heterocycles. The summed E-state index contributed by atoms with van der Waals surface area (Å²) in [6.45, 7) is -0.0724. The first-order valence-electron chi connectivity index (χ1n) is 6.82. The zero-order chi connectivity index (χ0) is 15.4. The monoisotopic (exact) mass is 294 g/mol. The van der Waals surface area contributed by atoms with Gasteiger partial charge in [0.1, 0.15) is 6.54 Å². The Hall–Kier alpha value is -2.38. The molecule has 1 aromatic rings. The molecule has 2 rings (SSSR count). The minimum absolute atomic E-state index is 0.0724. The number of aromatic nitrogens is 2. The number of carbonyl (C=O) groups excluding carboxylic acids is 2. The molecule has 21 heavy (non-hydrogen) atoms. The molecule has 2 amide bonds. The lowest BCUT2D eigenvalue weighted by atomic mass is 9.78. The number of carbonyl (C=O) groups is 3. The highest BCUT2D eigenvalue weighted by Gasteiger charge is 2.35.